The van der Waals surface area contributed by atoms with Crippen LogP contribution in [0, 0.1) is 6.92 Å². The zero-order chi connectivity index (χ0) is 12.5. The number of nitrogens with one attached hydrogen (secondary N) is 1. The molecular formula is C15H25NO. The molecule has 0 saturated heterocycles. The van der Waals surface area contributed by atoms with Crippen LogP contribution in [-0.4, -0.2) is 26.8 Å². The van der Waals surface area contributed by atoms with Crippen LogP contribution in [-0.2, 0) is 4.74 Å². The summed E-state index contributed by atoms with van der Waals surface area (Å²) >= 11 is 0. The van der Waals surface area contributed by atoms with Gasteiger partial charge in [0.25, 0.3) is 0 Å². The molecule has 1 rings (SSSR count). The Morgan fingerprint density at radius 1 is 1.29 bits per heavy atom. The standard InChI is InChI=1S/C15H25NO/c1-4-7-14(12-16-10-11-17-3)15-9-6-5-8-13(15)2/h5-6,8-9,14,16H,4,7,10-12H2,1-3H3. The Hall–Kier alpha value is -0.860. The van der Waals surface area contributed by atoms with Gasteiger partial charge in [-0.3, -0.25) is 0 Å². The predicted octanol–water partition coefficient (Wildman–Crippen LogP) is 3.11. The maximum Gasteiger partial charge on any atom is 0.0587 e. The van der Waals surface area contributed by atoms with Crippen molar-refractivity contribution >= 4 is 0 Å². The van der Waals surface area contributed by atoms with Gasteiger partial charge in [-0.15, -0.1) is 0 Å². The molecular weight excluding hydrogens is 210 g/mol. The van der Waals surface area contributed by atoms with Crippen LogP contribution in [0.2, 0.25) is 0 Å². The molecule has 0 bridgehead atoms. The van der Waals surface area contributed by atoms with Gasteiger partial charge >= 0.3 is 0 Å². The summed E-state index contributed by atoms with van der Waals surface area (Å²) < 4.78 is 5.05. The van der Waals surface area contributed by atoms with Crippen LogP contribution in [0.1, 0.15) is 36.8 Å². The first-order valence-corrected chi connectivity index (χ1v) is 6.54. The molecule has 0 amide bonds. The molecule has 1 aromatic carbocycles. The van der Waals surface area contributed by atoms with Gasteiger partial charge in [-0.25, -0.2) is 0 Å². The van der Waals surface area contributed by atoms with Crippen LogP contribution in [0.4, 0.5) is 0 Å². The van der Waals surface area contributed by atoms with E-state index in [1.165, 1.54) is 24.0 Å². The topological polar surface area (TPSA) is 21.3 Å². The van der Waals surface area contributed by atoms with E-state index in [1.807, 2.05) is 0 Å². The smallest absolute Gasteiger partial charge is 0.0587 e. The maximum atomic E-state index is 5.05. The quantitative estimate of drug-likeness (QED) is 0.699. The summed E-state index contributed by atoms with van der Waals surface area (Å²) in [5, 5.41) is 3.47. The number of aryl methyl sites for hydroxylation is 1. The lowest BCUT2D eigenvalue weighted by Crippen LogP contribution is -2.25. The molecule has 0 heterocycles. The van der Waals surface area contributed by atoms with E-state index in [9.17, 15) is 0 Å². The molecule has 1 unspecified atom stereocenters. The van der Waals surface area contributed by atoms with Crippen LogP contribution in [0.3, 0.4) is 0 Å². The summed E-state index contributed by atoms with van der Waals surface area (Å²) in [6, 6.07) is 8.71. The van der Waals surface area contributed by atoms with Crippen LogP contribution >= 0.6 is 0 Å². The maximum absolute atomic E-state index is 5.05. The third-order valence-electron chi connectivity index (χ3n) is 3.14. The van der Waals surface area contributed by atoms with Crippen molar-refractivity contribution in [2.45, 2.75) is 32.6 Å². The lowest BCUT2D eigenvalue weighted by Gasteiger charge is -2.19. The van der Waals surface area contributed by atoms with Gasteiger partial charge in [-0.05, 0) is 30.4 Å². The minimum atomic E-state index is 0.623. The fourth-order valence-corrected chi connectivity index (χ4v) is 2.21. The van der Waals surface area contributed by atoms with Gasteiger partial charge in [0, 0.05) is 20.2 Å². The highest BCUT2D eigenvalue weighted by Crippen LogP contribution is 2.23. The van der Waals surface area contributed by atoms with Gasteiger partial charge < -0.3 is 10.1 Å². The Kier molecular flexibility index (Phi) is 6.90. The highest BCUT2D eigenvalue weighted by Gasteiger charge is 2.11. The zero-order valence-corrected chi connectivity index (χ0v) is 11.3. The average Bonchev–Trinajstić information content (AvgIpc) is 2.34. The predicted molar refractivity (Wildman–Crippen MR) is 73.6 cm³/mol. The second-order valence-corrected chi connectivity index (χ2v) is 4.54. The Morgan fingerprint density at radius 3 is 2.71 bits per heavy atom. The number of rotatable bonds is 8. The summed E-state index contributed by atoms with van der Waals surface area (Å²) in [4.78, 5) is 0. The van der Waals surface area contributed by atoms with Crippen molar-refractivity contribution in [3.8, 4) is 0 Å². The molecule has 96 valence electrons. The molecule has 0 fully saturated rings. The van der Waals surface area contributed by atoms with E-state index < -0.39 is 0 Å². The van der Waals surface area contributed by atoms with Crippen LogP contribution in [0.5, 0.6) is 0 Å². The second kappa shape index (κ2) is 8.26. The molecule has 1 N–H and O–H groups in total. The summed E-state index contributed by atoms with van der Waals surface area (Å²) in [6.07, 6.45) is 2.47. The van der Waals surface area contributed by atoms with Crippen molar-refractivity contribution < 1.29 is 4.74 Å². The van der Waals surface area contributed by atoms with Gasteiger partial charge in [0.05, 0.1) is 6.61 Å². The van der Waals surface area contributed by atoms with Gasteiger partial charge in [-0.1, -0.05) is 37.6 Å². The van der Waals surface area contributed by atoms with Gasteiger partial charge in [0.15, 0.2) is 0 Å². The second-order valence-electron chi connectivity index (χ2n) is 4.54. The zero-order valence-electron chi connectivity index (χ0n) is 11.3. The molecule has 0 aromatic heterocycles. The molecule has 0 aliphatic heterocycles. The third kappa shape index (κ3) is 4.88. The lowest BCUT2D eigenvalue weighted by atomic mass is 9.91. The summed E-state index contributed by atoms with van der Waals surface area (Å²) in [6.45, 7) is 7.21. The Labute approximate surface area is 105 Å². The molecule has 1 aromatic rings. The van der Waals surface area contributed by atoms with Gasteiger partial charge in [-0.2, -0.15) is 0 Å². The normalized spacial score (nSPS) is 12.6. The first-order valence-electron chi connectivity index (χ1n) is 6.54. The van der Waals surface area contributed by atoms with Crippen molar-refractivity contribution in [2.24, 2.45) is 0 Å². The Morgan fingerprint density at radius 2 is 2.06 bits per heavy atom. The number of methoxy groups -OCH3 is 1. The molecule has 1 atom stereocenters. The molecule has 0 radical (unpaired) electrons. The fraction of sp³-hybridized carbons (Fsp3) is 0.600. The minimum Gasteiger partial charge on any atom is -0.383 e. The number of hydrogen-bond acceptors (Lipinski definition) is 2. The summed E-state index contributed by atoms with van der Waals surface area (Å²) in [7, 11) is 1.74. The Balaban J connectivity index is 2.56. The van der Waals surface area contributed by atoms with Gasteiger partial charge in [0.2, 0.25) is 0 Å². The van der Waals surface area contributed by atoms with Crippen molar-refractivity contribution in [1.29, 1.82) is 0 Å². The fourth-order valence-electron chi connectivity index (χ4n) is 2.21. The SMILES string of the molecule is CCCC(CNCCOC)c1ccccc1C. The minimum absolute atomic E-state index is 0.623. The van der Waals surface area contributed by atoms with E-state index in [0.717, 1.165) is 19.7 Å². The van der Waals surface area contributed by atoms with Crippen LogP contribution in [0.25, 0.3) is 0 Å². The monoisotopic (exact) mass is 235 g/mol. The first-order chi connectivity index (χ1) is 8.29. The molecule has 2 nitrogen and oxygen atoms in total. The molecule has 0 aliphatic rings. The van der Waals surface area contributed by atoms with Gasteiger partial charge in [0.1, 0.15) is 0 Å². The van der Waals surface area contributed by atoms with E-state index in [2.05, 4.69) is 43.4 Å². The van der Waals surface area contributed by atoms with E-state index in [1.54, 1.807) is 7.11 Å². The van der Waals surface area contributed by atoms with Crippen molar-refractivity contribution in [2.75, 3.05) is 26.8 Å². The number of ether oxygens (including phenoxy) is 1. The van der Waals surface area contributed by atoms with Crippen LogP contribution < -0.4 is 5.32 Å². The molecule has 0 aliphatic carbocycles. The highest BCUT2D eigenvalue weighted by atomic mass is 16.5. The lowest BCUT2D eigenvalue weighted by molar-refractivity contribution is 0.198. The molecule has 2 heteroatoms. The third-order valence-corrected chi connectivity index (χ3v) is 3.14. The Bertz CT molecular complexity index is 312. The summed E-state index contributed by atoms with van der Waals surface area (Å²) in [5.41, 5.74) is 2.89. The van der Waals surface area contributed by atoms with Crippen LogP contribution in [0.15, 0.2) is 24.3 Å². The molecule has 0 spiro atoms. The van der Waals surface area contributed by atoms with E-state index in [4.69, 9.17) is 4.74 Å². The highest BCUT2D eigenvalue weighted by molar-refractivity contribution is 5.29. The van der Waals surface area contributed by atoms with Crippen molar-refractivity contribution in [3.05, 3.63) is 35.4 Å². The van der Waals surface area contributed by atoms with Crippen molar-refractivity contribution in [1.82, 2.24) is 5.32 Å². The molecule has 17 heavy (non-hydrogen) atoms. The number of hydrogen-bond donors (Lipinski definition) is 1. The summed E-state index contributed by atoms with van der Waals surface area (Å²) in [5.74, 6) is 0.623. The number of benzene rings is 1. The largest absolute Gasteiger partial charge is 0.383 e. The molecule has 0 saturated carbocycles. The van der Waals surface area contributed by atoms with E-state index in [0.29, 0.717) is 5.92 Å². The first kappa shape index (κ1) is 14.2. The van der Waals surface area contributed by atoms with E-state index in [-0.39, 0.29) is 0 Å². The van der Waals surface area contributed by atoms with E-state index >= 15 is 0 Å². The average molecular weight is 235 g/mol. The van der Waals surface area contributed by atoms with Crippen molar-refractivity contribution in [3.63, 3.8) is 0 Å².